The fourth-order valence-corrected chi connectivity index (χ4v) is 2.29. The molecule has 0 unspecified atom stereocenters. The van der Waals surface area contributed by atoms with Crippen LogP contribution in [0.5, 0.6) is 11.5 Å². The number of ether oxygens (including phenoxy) is 1. The summed E-state index contributed by atoms with van der Waals surface area (Å²) in [5.41, 5.74) is 5.96. The van der Waals surface area contributed by atoms with Gasteiger partial charge in [-0.25, -0.2) is 8.42 Å². The summed E-state index contributed by atoms with van der Waals surface area (Å²) in [5, 5.41) is 7.48. The van der Waals surface area contributed by atoms with Crippen molar-refractivity contribution in [3.8, 4) is 11.5 Å². The molecule has 0 amide bonds. The van der Waals surface area contributed by atoms with Crippen molar-refractivity contribution in [3.63, 3.8) is 0 Å². The van der Waals surface area contributed by atoms with Crippen LogP contribution in [0.15, 0.2) is 53.4 Å². The minimum absolute atomic E-state index is 0.0895. The molecule has 0 atom stereocenters. The van der Waals surface area contributed by atoms with Gasteiger partial charge in [0, 0.05) is 6.26 Å². The van der Waals surface area contributed by atoms with Crippen molar-refractivity contribution in [2.45, 2.75) is 4.90 Å². The molecule has 0 radical (unpaired) electrons. The molecule has 0 saturated carbocycles. The van der Waals surface area contributed by atoms with E-state index in [1.54, 1.807) is 36.4 Å². The van der Waals surface area contributed by atoms with Crippen molar-refractivity contribution < 1.29 is 13.2 Å². The number of para-hydroxylation sites is 1. The van der Waals surface area contributed by atoms with E-state index in [2.05, 4.69) is 0 Å². The number of benzene rings is 2. The van der Waals surface area contributed by atoms with Gasteiger partial charge >= 0.3 is 0 Å². The normalized spacial score (nSPS) is 11.1. The van der Waals surface area contributed by atoms with Crippen LogP contribution in [0.3, 0.4) is 0 Å². The third kappa shape index (κ3) is 3.16. The fraction of sp³-hybridized carbons (Fsp3) is 0.0714. The zero-order valence-electron chi connectivity index (χ0n) is 10.8. The molecule has 0 bridgehead atoms. The van der Waals surface area contributed by atoms with Gasteiger partial charge in [-0.3, -0.25) is 5.41 Å². The quantitative estimate of drug-likeness (QED) is 0.666. The Balaban J connectivity index is 2.30. The summed E-state index contributed by atoms with van der Waals surface area (Å²) < 4.78 is 28.3. The molecule has 0 aromatic heterocycles. The van der Waals surface area contributed by atoms with Crippen LogP contribution >= 0.6 is 0 Å². The Hall–Kier alpha value is -2.34. The number of hydrogen-bond acceptors (Lipinski definition) is 4. The van der Waals surface area contributed by atoms with Gasteiger partial charge in [0.25, 0.3) is 0 Å². The summed E-state index contributed by atoms with van der Waals surface area (Å²) in [6, 6.07) is 13.0. The average molecular weight is 290 g/mol. The number of nitrogen functional groups attached to an aromatic ring is 1. The van der Waals surface area contributed by atoms with E-state index >= 15 is 0 Å². The molecule has 5 nitrogen and oxygen atoms in total. The van der Waals surface area contributed by atoms with Crippen LogP contribution in [0.2, 0.25) is 0 Å². The molecule has 2 rings (SSSR count). The van der Waals surface area contributed by atoms with Crippen molar-refractivity contribution in [2.75, 3.05) is 6.26 Å². The van der Waals surface area contributed by atoms with Crippen molar-refractivity contribution in [1.82, 2.24) is 0 Å². The molecule has 0 saturated heterocycles. The SMILES string of the molecule is CS(=O)(=O)c1ccc(Oc2ccccc2C(=N)N)cc1. The monoisotopic (exact) mass is 290 g/mol. The predicted molar refractivity (Wildman–Crippen MR) is 77.1 cm³/mol. The lowest BCUT2D eigenvalue weighted by molar-refractivity contribution is 0.481. The highest BCUT2D eigenvalue weighted by Gasteiger charge is 2.09. The lowest BCUT2D eigenvalue weighted by Gasteiger charge is -2.10. The number of hydrogen-bond donors (Lipinski definition) is 2. The molecule has 2 aromatic rings. The molecule has 0 aliphatic carbocycles. The van der Waals surface area contributed by atoms with Gasteiger partial charge < -0.3 is 10.5 Å². The summed E-state index contributed by atoms with van der Waals surface area (Å²) in [5.74, 6) is 0.839. The molecule has 0 aliphatic rings. The van der Waals surface area contributed by atoms with Gasteiger partial charge in [0.05, 0.1) is 10.5 Å². The van der Waals surface area contributed by atoms with Crippen LogP contribution in [0.25, 0.3) is 0 Å². The van der Waals surface area contributed by atoms with E-state index in [1.807, 2.05) is 0 Å². The van der Waals surface area contributed by atoms with Gasteiger partial charge in [-0.1, -0.05) is 12.1 Å². The smallest absolute Gasteiger partial charge is 0.175 e. The molecule has 20 heavy (non-hydrogen) atoms. The zero-order valence-corrected chi connectivity index (χ0v) is 11.6. The van der Waals surface area contributed by atoms with E-state index in [9.17, 15) is 8.42 Å². The van der Waals surface area contributed by atoms with E-state index in [0.717, 1.165) is 6.26 Å². The van der Waals surface area contributed by atoms with Gasteiger partial charge in [-0.15, -0.1) is 0 Å². The minimum Gasteiger partial charge on any atom is -0.457 e. The molecule has 2 aromatic carbocycles. The van der Waals surface area contributed by atoms with Crippen LogP contribution in [0, 0.1) is 5.41 Å². The summed E-state index contributed by atoms with van der Waals surface area (Å²) in [6.07, 6.45) is 1.15. The van der Waals surface area contributed by atoms with Gasteiger partial charge in [-0.2, -0.15) is 0 Å². The fourth-order valence-electron chi connectivity index (χ4n) is 1.66. The Morgan fingerprint density at radius 1 is 1.10 bits per heavy atom. The first-order valence-electron chi connectivity index (χ1n) is 5.79. The topological polar surface area (TPSA) is 93.2 Å². The predicted octanol–water partition coefficient (Wildman–Crippen LogP) is 2.17. The van der Waals surface area contributed by atoms with Gasteiger partial charge in [0.2, 0.25) is 0 Å². The van der Waals surface area contributed by atoms with Crippen molar-refractivity contribution in [3.05, 3.63) is 54.1 Å². The zero-order chi connectivity index (χ0) is 14.8. The number of nitrogens with two attached hydrogens (primary N) is 1. The highest BCUT2D eigenvalue weighted by atomic mass is 32.2. The number of rotatable bonds is 4. The van der Waals surface area contributed by atoms with Crippen molar-refractivity contribution in [2.24, 2.45) is 5.73 Å². The highest BCUT2D eigenvalue weighted by molar-refractivity contribution is 7.90. The maximum Gasteiger partial charge on any atom is 0.175 e. The summed E-state index contributed by atoms with van der Waals surface area (Å²) in [7, 11) is -3.22. The molecule has 0 fully saturated rings. The first-order valence-corrected chi connectivity index (χ1v) is 7.68. The lowest BCUT2D eigenvalue weighted by atomic mass is 10.2. The average Bonchev–Trinajstić information content (AvgIpc) is 2.38. The Bertz CT molecular complexity index is 737. The maximum absolute atomic E-state index is 11.4. The number of amidine groups is 1. The van der Waals surface area contributed by atoms with Gasteiger partial charge in [-0.05, 0) is 36.4 Å². The number of nitrogens with one attached hydrogen (secondary N) is 1. The van der Waals surface area contributed by atoms with Gasteiger partial charge in [0.1, 0.15) is 17.3 Å². The molecular formula is C14H14N2O3S. The maximum atomic E-state index is 11.4. The summed E-state index contributed by atoms with van der Waals surface area (Å²) in [4.78, 5) is 0.227. The second kappa shape index (κ2) is 5.34. The standard InChI is InChI=1S/C14H14N2O3S/c1-20(17,18)11-8-6-10(7-9-11)19-13-5-3-2-4-12(13)14(15)16/h2-9H,1H3,(H3,15,16). The Labute approximate surface area is 117 Å². The minimum atomic E-state index is -3.22. The Morgan fingerprint density at radius 2 is 1.70 bits per heavy atom. The first kappa shape index (κ1) is 14.1. The highest BCUT2D eigenvalue weighted by Crippen LogP contribution is 2.25. The van der Waals surface area contributed by atoms with Gasteiger partial charge in [0.15, 0.2) is 9.84 Å². The largest absolute Gasteiger partial charge is 0.457 e. The van der Waals surface area contributed by atoms with Crippen LogP contribution < -0.4 is 10.5 Å². The van der Waals surface area contributed by atoms with Crippen LogP contribution in [0.4, 0.5) is 0 Å². The van der Waals surface area contributed by atoms with E-state index in [4.69, 9.17) is 15.9 Å². The summed E-state index contributed by atoms with van der Waals surface area (Å²) in [6.45, 7) is 0. The van der Waals surface area contributed by atoms with E-state index in [1.165, 1.54) is 12.1 Å². The first-order chi connectivity index (χ1) is 9.38. The molecule has 104 valence electrons. The second-order valence-electron chi connectivity index (χ2n) is 4.26. The van der Waals surface area contributed by atoms with E-state index in [-0.39, 0.29) is 10.7 Å². The summed E-state index contributed by atoms with van der Waals surface area (Å²) >= 11 is 0. The molecule has 0 aliphatic heterocycles. The van der Waals surface area contributed by atoms with Crippen LogP contribution in [-0.2, 0) is 9.84 Å². The van der Waals surface area contributed by atoms with E-state index in [0.29, 0.717) is 17.1 Å². The Morgan fingerprint density at radius 3 is 2.25 bits per heavy atom. The van der Waals surface area contributed by atoms with Crippen LogP contribution in [0.1, 0.15) is 5.56 Å². The van der Waals surface area contributed by atoms with Crippen molar-refractivity contribution in [1.29, 1.82) is 5.41 Å². The van der Waals surface area contributed by atoms with Crippen molar-refractivity contribution >= 4 is 15.7 Å². The molecule has 3 N–H and O–H groups in total. The molecule has 0 heterocycles. The number of sulfone groups is 1. The van der Waals surface area contributed by atoms with E-state index < -0.39 is 9.84 Å². The lowest BCUT2D eigenvalue weighted by Crippen LogP contribution is -2.12. The van der Waals surface area contributed by atoms with Crippen LogP contribution in [-0.4, -0.2) is 20.5 Å². The Kier molecular flexibility index (Phi) is 3.76. The second-order valence-corrected chi connectivity index (χ2v) is 6.27. The molecular weight excluding hydrogens is 276 g/mol. The third-order valence-corrected chi connectivity index (χ3v) is 3.79. The molecule has 0 spiro atoms. The molecule has 6 heteroatoms. The third-order valence-electron chi connectivity index (χ3n) is 2.66.